The third-order valence-electron chi connectivity index (χ3n) is 4.45. The average molecular weight is 406 g/mol. The first-order valence-corrected chi connectivity index (χ1v) is 9.21. The summed E-state index contributed by atoms with van der Waals surface area (Å²) < 4.78 is 6.58. The van der Waals surface area contributed by atoms with E-state index in [0.717, 1.165) is 0 Å². The van der Waals surface area contributed by atoms with Gasteiger partial charge in [-0.1, -0.05) is 35.4 Å². The Balaban J connectivity index is 1.67. The van der Waals surface area contributed by atoms with Gasteiger partial charge >= 0.3 is 12.1 Å². The van der Waals surface area contributed by atoms with Crippen LogP contribution in [-0.4, -0.2) is 39.1 Å². The van der Waals surface area contributed by atoms with Crippen molar-refractivity contribution in [3.63, 3.8) is 0 Å². The molecule has 1 aliphatic heterocycles. The van der Waals surface area contributed by atoms with E-state index >= 15 is 0 Å². The molecule has 0 unspecified atom stereocenters. The summed E-state index contributed by atoms with van der Waals surface area (Å²) in [6, 6.07) is 12.9. The number of nitrogens with zero attached hydrogens (tertiary/aromatic N) is 2. The predicted octanol–water partition coefficient (Wildman–Crippen LogP) is 3.79. The molecule has 0 atom stereocenters. The van der Waals surface area contributed by atoms with Crippen LogP contribution in [0.3, 0.4) is 0 Å². The van der Waals surface area contributed by atoms with Crippen molar-refractivity contribution < 1.29 is 28.8 Å². The Labute approximate surface area is 171 Å². The first-order valence-electron chi connectivity index (χ1n) is 9.21. The number of aromatic nitrogens is 1. The molecule has 0 saturated carbocycles. The van der Waals surface area contributed by atoms with Crippen LogP contribution in [0.15, 0.2) is 54.7 Å². The Morgan fingerprint density at radius 1 is 0.867 bits per heavy atom. The molecule has 0 fully saturated rings. The molecule has 1 aliphatic rings. The number of hydroxylamine groups is 2. The first-order chi connectivity index (χ1) is 14.2. The third-order valence-corrected chi connectivity index (χ3v) is 4.45. The summed E-state index contributed by atoms with van der Waals surface area (Å²) in [4.78, 5) is 55.5. The minimum absolute atomic E-state index is 0.0213. The highest BCUT2D eigenvalue weighted by molar-refractivity contribution is 6.21. The van der Waals surface area contributed by atoms with E-state index in [0.29, 0.717) is 16.0 Å². The Morgan fingerprint density at radius 2 is 1.43 bits per heavy atom. The summed E-state index contributed by atoms with van der Waals surface area (Å²) in [6.45, 7) is 5.19. The average Bonchev–Trinajstić information content (AvgIpc) is 3.19. The van der Waals surface area contributed by atoms with Crippen LogP contribution in [0.4, 0.5) is 4.79 Å². The Morgan fingerprint density at radius 3 is 2.03 bits per heavy atom. The van der Waals surface area contributed by atoms with Crippen molar-refractivity contribution in [1.82, 2.24) is 9.63 Å². The predicted molar refractivity (Wildman–Crippen MR) is 106 cm³/mol. The maximum absolute atomic E-state index is 12.8. The molecule has 8 heteroatoms. The second kappa shape index (κ2) is 6.84. The highest BCUT2D eigenvalue weighted by Gasteiger charge is 2.39. The van der Waals surface area contributed by atoms with Crippen LogP contribution >= 0.6 is 0 Å². The number of carbonyl (C=O) groups excluding carboxylic acids is 4. The van der Waals surface area contributed by atoms with Crippen LogP contribution in [0.2, 0.25) is 0 Å². The number of imide groups is 1. The molecule has 1 aromatic heterocycles. The van der Waals surface area contributed by atoms with Crippen LogP contribution in [0.25, 0.3) is 10.9 Å². The van der Waals surface area contributed by atoms with Gasteiger partial charge in [0.15, 0.2) is 0 Å². The topological polar surface area (TPSA) is 94.9 Å². The molecule has 30 heavy (non-hydrogen) atoms. The Kier molecular flexibility index (Phi) is 4.42. The van der Waals surface area contributed by atoms with Gasteiger partial charge in [-0.15, -0.1) is 0 Å². The van der Waals surface area contributed by atoms with Gasteiger partial charge in [-0.25, -0.2) is 9.59 Å². The van der Waals surface area contributed by atoms with Crippen LogP contribution in [0.5, 0.6) is 0 Å². The van der Waals surface area contributed by atoms with Crippen LogP contribution in [-0.2, 0) is 9.57 Å². The molecule has 0 aliphatic carbocycles. The zero-order chi connectivity index (χ0) is 21.6. The fraction of sp³-hybridized carbons (Fsp3) is 0.182. The second-order valence-electron chi connectivity index (χ2n) is 7.74. The van der Waals surface area contributed by atoms with E-state index in [-0.39, 0.29) is 16.7 Å². The van der Waals surface area contributed by atoms with Gasteiger partial charge in [0.05, 0.1) is 22.2 Å². The van der Waals surface area contributed by atoms with E-state index < -0.39 is 29.5 Å². The normalized spacial score (nSPS) is 13.5. The minimum Gasteiger partial charge on any atom is -0.443 e. The van der Waals surface area contributed by atoms with E-state index in [4.69, 9.17) is 9.57 Å². The quantitative estimate of drug-likeness (QED) is 0.601. The van der Waals surface area contributed by atoms with Crippen molar-refractivity contribution in [2.75, 3.05) is 0 Å². The van der Waals surface area contributed by atoms with Gasteiger partial charge in [0.1, 0.15) is 5.60 Å². The summed E-state index contributed by atoms with van der Waals surface area (Å²) in [5.74, 6) is -2.39. The molecule has 152 valence electrons. The zero-order valence-electron chi connectivity index (χ0n) is 16.5. The molecule has 0 radical (unpaired) electrons. The third kappa shape index (κ3) is 3.22. The van der Waals surface area contributed by atoms with E-state index in [2.05, 4.69) is 0 Å². The number of hydrogen-bond donors (Lipinski definition) is 0. The van der Waals surface area contributed by atoms with Gasteiger partial charge in [0, 0.05) is 11.6 Å². The summed E-state index contributed by atoms with van der Waals surface area (Å²) in [5.41, 5.74) is 0.0376. The van der Waals surface area contributed by atoms with Crippen molar-refractivity contribution in [3.8, 4) is 0 Å². The highest BCUT2D eigenvalue weighted by Crippen LogP contribution is 2.27. The van der Waals surface area contributed by atoms with E-state index in [1.54, 1.807) is 57.2 Å². The lowest BCUT2D eigenvalue weighted by Gasteiger charge is -2.19. The van der Waals surface area contributed by atoms with Gasteiger partial charge < -0.3 is 9.57 Å². The number of carbonyl (C=O) groups is 4. The summed E-state index contributed by atoms with van der Waals surface area (Å²) in [5, 5.41) is 0.858. The molecule has 0 bridgehead atoms. The minimum atomic E-state index is -0.942. The zero-order valence-corrected chi connectivity index (χ0v) is 16.5. The fourth-order valence-corrected chi connectivity index (χ4v) is 3.19. The number of ether oxygens (including phenoxy) is 1. The molecule has 8 nitrogen and oxygen atoms in total. The Bertz CT molecular complexity index is 1180. The van der Waals surface area contributed by atoms with Gasteiger partial charge in [-0.2, -0.15) is 0 Å². The summed E-state index contributed by atoms with van der Waals surface area (Å²) in [7, 11) is 0. The van der Waals surface area contributed by atoms with Gasteiger partial charge in [0.25, 0.3) is 11.8 Å². The monoisotopic (exact) mass is 406 g/mol. The fourth-order valence-electron chi connectivity index (χ4n) is 3.19. The van der Waals surface area contributed by atoms with E-state index in [1.807, 2.05) is 0 Å². The summed E-state index contributed by atoms with van der Waals surface area (Å²) in [6.07, 6.45) is 0.609. The lowest BCUT2D eigenvalue weighted by atomic mass is 10.1. The summed E-state index contributed by atoms with van der Waals surface area (Å²) >= 11 is 0. The molecule has 3 aromatic rings. The number of hydrogen-bond acceptors (Lipinski definition) is 6. The Hall–Kier alpha value is -3.94. The van der Waals surface area contributed by atoms with E-state index in [9.17, 15) is 19.2 Å². The SMILES string of the molecule is CC(C)(C)OC(=O)n1cc(C(=O)ON2C(=O)c3ccccc3C2=O)c2ccccc21. The number of para-hydroxylation sites is 1. The second-order valence-corrected chi connectivity index (χ2v) is 7.74. The molecule has 0 N–H and O–H groups in total. The molecule has 2 aromatic carbocycles. The van der Waals surface area contributed by atoms with Crippen molar-refractivity contribution in [3.05, 3.63) is 71.4 Å². The number of fused-ring (bicyclic) bond motifs is 2. The van der Waals surface area contributed by atoms with Crippen molar-refractivity contribution >= 4 is 34.8 Å². The van der Waals surface area contributed by atoms with Crippen molar-refractivity contribution in [2.45, 2.75) is 26.4 Å². The standard InChI is InChI=1S/C22H18N2O6/c1-22(2,3)29-21(28)23-12-16(13-8-6-7-11-17(13)23)20(27)30-24-18(25)14-9-4-5-10-15(14)19(24)26/h4-12H,1-3H3. The van der Waals surface area contributed by atoms with Crippen LogP contribution in [0.1, 0.15) is 51.8 Å². The van der Waals surface area contributed by atoms with Gasteiger partial charge in [0.2, 0.25) is 0 Å². The van der Waals surface area contributed by atoms with Crippen LogP contribution < -0.4 is 0 Å². The van der Waals surface area contributed by atoms with E-state index in [1.165, 1.54) is 22.9 Å². The largest absolute Gasteiger partial charge is 0.443 e. The number of amides is 2. The lowest BCUT2D eigenvalue weighted by molar-refractivity contribution is -0.0583. The smallest absolute Gasteiger partial charge is 0.419 e. The highest BCUT2D eigenvalue weighted by atomic mass is 16.7. The molecular weight excluding hydrogens is 388 g/mol. The number of rotatable bonds is 2. The van der Waals surface area contributed by atoms with Crippen LogP contribution in [0, 0.1) is 0 Å². The van der Waals surface area contributed by atoms with Gasteiger partial charge in [-0.3, -0.25) is 14.2 Å². The molecule has 0 saturated heterocycles. The molecule has 2 amide bonds. The maximum atomic E-state index is 12.8. The maximum Gasteiger partial charge on any atom is 0.419 e. The van der Waals surface area contributed by atoms with Crippen molar-refractivity contribution in [2.24, 2.45) is 0 Å². The van der Waals surface area contributed by atoms with Crippen molar-refractivity contribution in [1.29, 1.82) is 0 Å². The lowest BCUT2D eigenvalue weighted by Crippen LogP contribution is -2.32. The molecule has 0 spiro atoms. The van der Waals surface area contributed by atoms with Gasteiger partial charge in [-0.05, 0) is 39.0 Å². The molecule has 2 heterocycles. The number of benzene rings is 2. The molecular formula is C22H18N2O6. The first kappa shape index (κ1) is 19.4. The molecule has 4 rings (SSSR count).